The third-order valence-corrected chi connectivity index (χ3v) is 3.80. The molecule has 130 valence electrons. The molecule has 0 saturated heterocycles. The third kappa shape index (κ3) is 3.10. The molecular weight excluding hydrogens is 326 g/mol. The molecule has 8 nitrogen and oxygen atoms in total. The normalized spacial score (nSPS) is 13.4. The Kier molecular flexibility index (Phi) is 4.26. The van der Waals surface area contributed by atoms with E-state index < -0.39 is 23.3 Å². The maximum Gasteiger partial charge on any atom is 0.267 e. The standard InChI is InChI=1S/C17H17N3O5/c1-10(21)16(17(23)19(2)3)20-15(22)7-5-12(18-20)11-4-6-13-14(8-11)25-9-24-13/h4-8,16H,9H2,1-3H3. The average molecular weight is 343 g/mol. The molecule has 1 aliphatic rings. The van der Waals surface area contributed by atoms with Gasteiger partial charge in [0.15, 0.2) is 23.3 Å². The van der Waals surface area contributed by atoms with Crippen molar-refractivity contribution in [2.24, 2.45) is 0 Å². The van der Waals surface area contributed by atoms with Crippen molar-refractivity contribution in [2.45, 2.75) is 13.0 Å². The summed E-state index contributed by atoms with van der Waals surface area (Å²) < 4.78 is 11.5. The number of fused-ring (bicyclic) bond motifs is 1. The predicted octanol–water partition coefficient (Wildman–Crippen LogP) is 0.857. The molecule has 1 aliphatic heterocycles. The molecule has 1 amide bonds. The zero-order valence-electron chi connectivity index (χ0n) is 14.1. The topological polar surface area (TPSA) is 90.7 Å². The summed E-state index contributed by atoms with van der Waals surface area (Å²) in [5.41, 5.74) is 0.591. The monoisotopic (exact) mass is 343 g/mol. The van der Waals surface area contributed by atoms with E-state index in [4.69, 9.17) is 9.47 Å². The number of rotatable bonds is 4. The van der Waals surface area contributed by atoms with Gasteiger partial charge in [-0.05, 0) is 31.2 Å². The van der Waals surface area contributed by atoms with Crippen molar-refractivity contribution in [3.63, 3.8) is 0 Å². The molecule has 2 heterocycles. The number of amides is 1. The van der Waals surface area contributed by atoms with Crippen LogP contribution in [0.2, 0.25) is 0 Å². The van der Waals surface area contributed by atoms with Crippen molar-refractivity contribution >= 4 is 11.7 Å². The van der Waals surface area contributed by atoms with Crippen LogP contribution in [0, 0.1) is 0 Å². The van der Waals surface area contributed by atoms with Gasteiger partial charge in [0.1, 0.15) is 0 Å². The Morgan fingerprint density at radius 3 is 2.56 bits per heavy atom. The summed E-state index contributed by atoms with van der Waals surface area (Å²) in [6, 6.07) is 6.76. The minimum Gasteiger partial charge on any atom is -0.454 e. The van der Waals surface area contributed by atoms with Crippen LogP contribution in [0.1, 0.15) is 13.0 Å². The number of carbonyl (C=O) groups is 2. The van der Waals surface area contributed by atoms with Gasteiger partial charge in [-0.3, -0.25) is 14.4 Å². The number of hydrogen-bond acceptors (Lipinski definition) is 6. The van der Waals surface area contributed by atoms with Gasteiger partial charge in [0.25, 0.3) is 11.5 Å². The van der Waals surface area contributed by atoms with Crippen LogP contribution < -0.4 is 15.0 Å². The smallest absolute Gasteiger partial charge is 0.267 e. The molecule has 0 aliphatic carbocycles. The van der Waals surface area contributed by atoms with Crippen LogP contribution >= 0.6 is 0 Å². The number of aromatic nitrogens is 2. The Bertz CT molecular complexity index is 903. The third-order valence-electron chi connectivity index (χ3n) is 3.80. The number of carbonyl (C=O) groups excluding carboxylic acids is 2. The fourth-order valence-corrected chi connectivity index (χ4v) is 2.52. The first-order valence-electron chi connectivity index (χ1n) is 7.60. The Labute approximate surface area is 143 Å². The first kappa shape index (κ1) is 16.7. The molecule has 0 bridgehead atoms. The van der Waals surface area contributed by atoms with Crippen molar-refractivity contribution in [1.29, 1.82) is 0 Å². The Balaban J connectivity index is 2.07. The van der Waals surface area contributed by atoms with Gasteiger partial charge >= 0.3 is 0 Å². The highest BCUT2D eigenvalue weighted by molar-refractivity contribution is 6.02. The fraction of sp³-hybridized carbons (Fsp3) is 0.294. The van der Waals surface area contributed by atoms with Crippen molar-refractivity contribution in [2.75, 3.05) is 20.9 Å². The summed E-state index contributed by atoms with van der Waals surface area (Å²) >= 11 is 0. The minimum absolute atomic E-state index is 0.148. The highest BCUT2D eigenvalue weighted by Gasteiger charge is 2.29. The molecule has 2 aromatic rings. The van der Waals surface area contributed by atoms with E-state index in [1.165, 1.54) is 38.1 Å². The van der Waals surface area contributed by atoms with Gasteiger partial charge in [-0.25, -0.2) is 4.68 Å². The van der Waals surface area contributed by atoms with Crippen molar-refractivity contribution in [3.05, 3.63) is 40.7 Å². The van der Waals surface area contributed by atoms with Crippen LogP contribution in [0.3, 0.4) is 0 Å². The van der Waals surface area contributed by atoms with Gasteiger partial charge in [-0.2, -0.15) is 5.10 Å². The predicted molar refractivity (Wildman–Crippen MR) is 88.5 cm³/mol. The van der Waals surface area contributed by atoms with Crippen LogP contribution in [0.25, 0.3) is 11.3 Å². The first-order chi connectivity index (χ1) is 11.9. The van der Waals surface area contributed by atoms with E-state index in [0.29, 0.717) is 22.8 Å². The quantitative estimate of drug-likeness (QED) is 0.765. The first-order valence-corrected chi connectivity index (χ1v) is 7.60. The zero-order valence-corrected chi connectivity index (χ0v) is 14.1. The molecule has 8 heteroatoms. The van der Waals surface area contributed by atoms with Crippen LogP contribution in [0.15, 0.2) is 35.1 Å². The van der Waals surface area contributed by atoms with E-state index >= 15 is 0 Å². The lowest BCUT2D eigenvalue weighted by molar-refractivity contribution is -0.138. The van der Waals surface area contributed by atoms with Crippen LogP contribution in [-0.4, -0.2) is 47.3 Å². The maximum atomic E-state index is 12.3. The lowest BCUT2D eigenvalue weighted by atomic mass is 10.1. The second-order valence-electron chi connectivity index (χ2n) is 5.82. The minimum atomic E-state index is -1.29. The van der Waals surface area contributed by atoms with Crippen LogP contribution in [-0.2, 0) is 9.59 Å². The molecule has 1 aromatic carbocycles. The van der Waals surface area contributed by atoms with E-state index in [1.807, 2.05) is 0 Å². The number of nitrogens with zero attached hydrogens (tertiary/aromatic N) is 3. The van der Waals surface area contributed by atoms with E-state index in [1.54, 1.807) is 18.2 Å². The maximum absolute atomic E-state index is 12.3. The lowest BCUT2D eigenvalue weighted by Crippen LogP contribution is -2.41. The highest BCUT2D eigenvalue weighted by atomic mass is 16.7. The molecule has 1 atom stereocenters. The van der Waals surface area contributed by atoms with Crippen LogP contribution in [0.4, 0.5) is 0 Å². The molecule has 0 spiro atoms. The highest BCUT2D eigenvalue weighted by Crippen LogP contribution is 2.35. The molecule has 3 rings (SSSR count). The molecule has 25 heavy (non-hydrogen) atoms. The van der Waals surface area contributed by atoms with E-state index in [-0.39, 0.29) is 6.79 Å². The summed E-state index contributed by atoms with van der Waals surface area (Å²) in [6.45, 7) is 1.41. The molecule has 0 N–H and O–H groups in total. The number of hydrogen-bond donors (Lipinski definition) is 0. The van der Waals surface area contributed by atoms with Gasteiger partial charge in [0, 0.05) is 25.7 Å². The molecule has 0 fully saturated rings. The number of ether oxygens (including phenoxy) is 2. The van der Waals surface area contributed by atoms with Crippen molar-refractivity contribution < 1.29 is 19.1 Å². The molecule has 1 aromatic heterocycles. The average Bonchev–Trinajstić information content (AvgIpc) is 3.03. The van der Waals surface area contributed by atoms with Gasteiger partial charge < -0.3 is 14.4 Å². The molecular formula is C17H17N3O5. The van der Waals surface area contributed by atoms with Crippen LogP contribution in [0.5, 0.6) is 11.5 Å². The lowest BCUT2D eigenvalue weighted by Gasteiger charge is -2.19. The van der Waals surface area contributed by atoms with E-state index in [2.05, 4.69) is 5.10 Å². The second-order valence-corrected chi connectivity index (χ2v) is 5.82. The SMILES string of the molecule is CC(=O)C(C(=O)N(C)C)n1nc(-c2ccc3c(c2)OCO3)ccc1=O. The van der Waals surface area contributed by atoms with Gasteiger partial charge in [0.2, 0.25) is 6.79 Å². The van der Waals surface area contributed by atoms with Crippen molar-refractivity contribution in [1.82, 2.24) is 14.7 Å². The van der Waals surface area contributed by atoms with Gasteiger partial charge in [-0.1, -0.05) is 0 Å². The summed E-state index contributed by atoms with van der Waals surface area (Å²) in [7, 11) is 3.04. The van der Waals surface area contributed by atoms with E-state index in [9.17, 15) is 14.4 Å². The number of benzene rings is 1. The van der Waals surface area contributed by atoms with Gasteiger partial charge in [0.05, 0.1) is 5.69 Å². The number of Topliss-reactive ketones (excluding diaryl/α,β-unsaturated/α-hetero) is 1. The van der Waals surface area contributed by atoms with Gasteiger partial charge in [-0.15, -0.1) is 0 Å². The fourth-order valence-electron chi connectivity index (χ4n) is 2.52. The zero-order chi connectivity index (χ0) is 18.1. The summed E-state index contributed by atoms with van der Waals surface area (Å²) in [4.78, 5) is 37.7. The number of likely N-dealkylation sites (N-methyl/N-ethyl adjacent to an activating group) is 1. The number of ketones is 1. The Morgan fingerprint density at radius 2 is 1.88 bits per heavy atom. The molecule has 1 unspecified atom stereocenters. The largest absolute Gasteiger partial charge is 0.454 e. The summed E-state index contributed by atoms with van der Waals surface area (Å²) in [6.07, 6.45) is 0. The summed E-state index contributed by atoms with van der Waals surface area (Å²) in [5, 5.41) is 4.23. The second kappa shape index (κ2) is 6.39. The van der Waals surface area contributed by atoms with E-state index in [0.717, 1.165) is 4.68 Å². The Hall–Kier alpha value is -3.16. The van der Waals surface area contributed by atoms with Crippen molar-refractivity contribution in [3.8, 4) is 22.8 Å². The Morgan fingerprint density at radius 1 is 1.16 bits per heavy atom. The molecule has 0 radical (unpaired) electrons. The molecule has 0 saturated carbocycles. The summed E-state index contributed by atoms with van der Waals surface area (Å²) in [5.74, 6) is 0.229.